The van der Waals surface area contributed by atoms with Gasteiger partial charge in [0.05, 0.1) is 26.7 Å². The summed E-state index contributed by atoms with van der Waals surface area (Å²) in [6.07, 6.45) is 0. The zero-order chi connectivity index (χ0) is 14.7. The molecule has 0 aliphatic heterocycles. The average Bonchev–Trinajstić information content (AvgIpc) is 2.46. The molecule has 0 radical (unpaired) electrons. The lowest BCUT2D eigenvalue weighted by molar-refractivity contribution is -0.131. The highest BCUT2D eigenvalue weighted by Crippen LogP contribution is 2.41. The smallest absolute Gasteiger partial charge is 0.308 e. The first-order valence-electron chi connectivity index (χ1n) is 6.01. The van der Waals surface area contributed by atoms with Gasteiger partial charge in [-0.3, -0.25) is 4.79 Å². The molecule has 2 aromatic rings. The van der Waals surface area contributed by atoms with E-state index in [9.17, 15) is 4.79 Å². The van der Waals surface area contributed by atoms with Crippen LogP contribution in [0.4, 0.5) is 0 Å². The van der Waals surface area contributed by atoms with Crippen LogP contribution in [0.3, 0.4) is 0 Å². The molecule has 0 amide bonds. The maximum Gasteiger partial charge on any atom is 0.308 e. The molecule has 0 fully saturated rings. The molecular formula is C15H16O5. The molecule has 2 aromatic carbocycles. The Labute approximate surface area is 117 Å². The third-order valence-corrected chi connectivity index (χ3v) is 2.90. The molecule has 0 spiro atoms. The van der Waals surface area contributed by atoms with Gasteiger partial charge in [0.25, 0.3) is 0 Å². The van der Waals surface area contributed by atoms with E-state index in [1.54, 1.807) is 45.6 Å². The molecule has 5 nitrogen and oxygen atoms in total. The van der Waals surface area contributed by atoms with Gasteiger partial charge in [0.1, 0.15) is 23.0 Å². The Balaban J connectivity index is 2.80. The lowest BCUT2D eigenvalue weighted by Gasteiger charge is -2.14. The van der Waals surface area contributed by atoms with Crippen LogP contribution in [0.15, 0.2) is 24.3 Å². The summed E-state index contributed by atoms with van der Waals surface area (Å²) >= 11 is 0. The topological polar surface area (TPSA) is 54.0 Å². The third kappa shape index (κ3) is 2.47. The Kier molecular flexibility index (Phi) is 3.98. The van der Waals surface area contributed by atoms with Gasteiger partial charge in [0.2, 0.25) is 0 Å². The third-order valence-electron chi connectivity index (χ3n) is 2.90. The Bertz CT molecular complexity index is 648. The highest BCUT2D eigenvalue weighted by molar-refractivity contribution is 5.99. The molecule has 0 saturated heterocycles. The minimum Gasteiger partial charge on any atom is -0.497 e. The highest BCUT2D eigenvalue weighted by atomic mass is 16.5. The molecular weight excluding hydrogens is 260 g/mol. The van der Waals surface area contributed by atoms with E-state index in [0.717, 1.165) is 5.39 Å². The van der Waals surface area contributed by atoms with E-state index < -0.39 is 5.97 Å². The Morgan fingerprint density at radius 2 is 1.55 bits per heavy atom. The van der Waals surface area contributed by atoms with Crippen LogP contribution in [-0.4, -0.2) is 27.3 Å². The summed E-state index contributed by atoms with van der Waals surface area (Å²) in [5, 5.41) is 1.42. The van der Waals surface area contributed by atoms with Crippen LogP contribution in [0.1, 0.15) is 6.92 Å². The monoisotopic (exact) mass is 276 g/mol. The molecule has 20 heavy (non-hydrogen) atoms. The van der Waals surface area contributed by atoms with Gasteiger partial charge in [0, 0.05) is 18.4 Å². The predicted octanol–water partition coefficient (Wildman–Crippen LogP) is 2.79. The number of benzene rings is 2. The molecule has 0 heterocycles. The maximum atomic E-state index is 11.2. The first-order chi connectivity index (χ1) is 9.60. The predicted molar refractivity (Wildman–Crippen MR) is 74.9 cm³/mol. The molecule has 0 aromatic heterocycles. The molecule has 0 N–H and O–H groups in total. The van der Waals surface area contributed by atoms with Gasteiger partial charge in [-0.15, -0.1) is 0 Å². The quantitative estimate of drug-likeness (QED) is 0.635. The summed E-state index contributed by atoms with van der Waals surface area (Å²) < 4.78 is 21.2. The SMILES string of the molecule is COc1cc(OC)c2c(OC)ccc(OC(C)=O)c2c1. The van der Waals surface area contributed by atoms with Gasteiger partial charge in [-0.25, -0.2) is 0 Å². The fourth-order valence-corrected chi connectivity index (χ4v) is 2.06. The van der Waals surface area contributed by atoms with Gasteiger partial charge in [0.15, 0.2) is 0 Å². The highest BCUT2D eigenvalue weighted by Gasteiger charge is 2.15. The maximum absolute atomic E-state index is 11.2. The molecule has 5 heteroatoms. The zero-order valence-electron chi connectivity index (χ0n) is 11.9. The van der Waals surface area contributed by atoms with E-state index in [0.29, 0.717) is 28.4 Å². The van der Waals surface area contributed by atoms with Crippen molar-refractivity contribution in [3.8, 4) is 23.0 Å². The van der Waals surface area contributed by atoms with Crippen LogP contribution < -0.4 is 18.9 Å². The van der Waals surface area contributed by atoms with Crippen molar-refractivity contribution in [3.63, 3.8) is 0 Å². The lowest BCUT2D eigenvalue weighted by atomic mass is 10.1. The van der Waals surface area contributed by atoms with Crippen molar-refractivity contribution in [3.05, 3.63) is 24.3 Å². The Morgan fingerprint density at radius 1 is 0.900 bits per heavy atom. The van der Waals surface area contributed by atoms with E-state index in [1.165, 1.54) is 6.92 Å². The first kappa shape index (κ1) is 14.0. The van der Waals surface area contributed by atoms with Crippen LogP contribution >= 0.6 is 0 Å². The zero-order valence-corrected chi connectivity index (χ0v) is 11.9. The second kappa shape index (κ2) is 5.69. The Hall–Kier alpha value is -2.43. The summed E-state index contributed by atoms with van der Waals surface area (Å²) in [5.41, 5.74) is 0. The second-order valence-electron chi connectivity index (χ2n) is 4.11. The minimum absolute atomic E-state index is 0.391. The van der Waals surface area contributed by atoms with Crippen LogP contribution in [-0.2, 0) is 4.79 Å². The van der Waals surface area contributed by atoms with Crippen LogP contribution in [0.5, 0.6) is 23.0 Å². The molecule has 0 atom stereocenters. The van der Waals surface area contributed by atoms with Crippen LogP contribution in [0.2, 0.25) is 0 Å². The van der Waals surface area contributed by atoms with Crippen molar-refractivity contribution in [2.45, 2.75) is 6.92 Å². The summed E-state index contributed by atoms with van der Waals surface area (Å²) in [4.78, 5) is 11.2. The number of ether oxygens (including phenoxy) is 4. The number of methoxy groups -OCH3 is 3. The van der Waals surface area contributed by atoms with E-state index in [1.807, 2.05) is 0 Å². The number of rotatable bonds is 4. The second-order valence-corrected chi connectivity index (χ2v) is 4.11. The van der Waals surface area contributed by atoms with E-state index >= 15 is 0 Å². The number of carbonyl (C=O) groups excluding carboxylic acids is 1. The van der Waals surface area contributed by atoms with Gasteiger partial charge in [-0.1, -0.05) is 0 Å². The van der Waals surface area contributed by atoms with Crippen molar-refractivity contribution in [2.75, 3.05) is 21.3 Å². The van der Waals surface area contributed by atoms with E-state index in [2.05, 4.69) is 0 Å². The summed E-state index contributed by atoms with van der Waals surface area (Å²) in [7, 11) is 4.70. The largest absolute Gasteiger partial charge is 0.497 e. The number of hydrogen-bond acceptors (Lipinski definition) is 5. The fraction of sp³-hybridized carbons (Fsp3) is 0.267. The minimum atomic E-state index is -0.391. The van der Waals surface area contributed by atoms with Gasteiger partial charge < -0.3 is 18.9 Å². The number of fused-ring (bicyclic) bond motifs is 1. The molecule has 0 saturated carbocycles. The summed E-state index contributed by atoms with van der Waals surface area (Å²) in [6.45, 7) is 1.35. The molecule has 0 unspecified atom stereocenters. The summed E-state index contributed by atoms with van der Waals surface area (Å²) in [6, 6.07) is 6.94. The molecule has 106 valence electrons. The molecule has 2 rings (SSSR count). The first-order valence-corrected chi connectivity index (χ1v) is 6.01. The van der Waals surface area contributed by atoms with E-state index in [-0.39, 0.29) is 0 Å². The Morgan fingerprint density at radius 3 is 2.10 bits per heavy atom. The number of esters is 1. The number of carbonyl (C=O) groups is 1. The van der Waals surface area contributed by atoms with Crippen molar-refractivity contribution < 1.29 is 23.7 Å². The summed E-state index contributed by atoms with van der Waals surface area (Å²) in [5.74, 6) is 1.88. The molecule has 0 bridgehead atoms. The van der Waals surface area contributed by atoms with E-state index in [4.69, 9.17) is 18.9 Å². The van der Waals surface area contributed by atoms with Crippen LogP contribution in [0.25, 0.3) is 10.8 Å². The van der Waals surface area contributed by atoms with Gasteiger partial charge in [-0.2, -0.15) is 0 Å². The molecule has 0 aliphatic rings. The number of hydrogen-bond donors (Lipinski definition) is 0. The van der Waals surface area contributed by atoms with Crippen molar-refractivity contribution >= 4 is 16.7 Å². The molecule has 0 aliphatic carbocycles. The standard InChI is InChI=1S/C15H16O5/c1-9(16)20-12-5-6-13(18-3)15-11(12)7-10(17-2)8-14(15)19-4/h5-8H,1-4H3. The van der Waals surface area contributed by atoms with Gasteiger partial charge in [-0.05, 0) is 18.2 Å². The van der Waals surface area contributed by atoms with Crippen LogP contribution in [0, 0.1) is 0 Å². The fourth-order valence-electron chi connectivity index (χ4n) is 2.06. The van der Waals surface area contributed by atoms with Gasteiger partial charge >= 0.3 is 5.97 Å². The van der Waals surface area contributed by atoms with Crippen molar-refractivity contribution in [2.24, 2.45) is 0 Å². The van der Waals surface area contributed by atoms with Crippen molar-refractivity contribution in [1.29, 1.82) is 0 Å². The normalized spacial score (nSPS) is 10.2. The average molecular weight is 276 g/mol. The van der Waals surface area contributed by atoms with Crippen molar-refractivity contribution in [1.82, 2.24) is 0 Å². The lowest BCUT2D eigenvalue weighted by Crippen LogP contribution is -2.02.